The third-order valence-corrected chi connectivity index (χ3v) is 4.45. The number of benzene rings is 1. The Labute approximate surface area is 127 Å². The van der Waals surface area contributed by atoms with Crippen LogP contribution in [0.4, 0.5) is 0 Å². The molecule has 4 nitrogen and oxygen atoms in total. The number of carbonyl (C=O) groups is 1. The smallest absolute Gasteiger partial charge is 0.254 e. The van der Waals surface area contributed by atoms with Gasteiger partial charge in [0.2, 0.25) is 0 Å². The van der Waals surface area contributed by atoms with Gasteiger partial charge in [0.05, 0.1) is 14.2 Å². The standard InChI is InChI=1S/C17H25NO3/c1-12-5-7-14(8-6-12)18(2)17(19)13-9-15(20-3)11-16(10-13)21-4/h9-12,14H,5-8H2,1-4H3. The van der Waals surface area contributed by atoms with Gasteiger partial charge >= 0.3 is 0 Å². The molecule has 1 aliphatic carbocycles. The lowest BCUT2D eigenvalue weighted by Gasteiger charge is -2.33. The average Bonchev–Trinajstić information content (AvgIpc) is 2.53. The molecule has 0 heterocycles. The number of hydrogen-bond donors (Lipinski definition) is 0. The van der Waals surface area contributed by atoms with Crippen molar-refractivity contribution in [3.63, 3.8) is 0 Å². The number of rotatable bonds is 4. The first-order valence-electron chi connectivity index (χ1n) is 7.55. The van der Waals surface area contributed by atoms with Gasteiger partial charge in [-0.25, -0.2) is 0 Å². The van der Waals surface area contributed by atoms with Crippen molar-refractivity contribution in [3.05, 3.63) is 23.8 Å². The lowest BCUT2D eigenvalue weighted by atomic mass is 9.86. The third-order valence-electron chi connectivity index (χ3n) is 4.45. The summed E-state index contributed by atoms with van der Waals surface area (Å²) < 4.78 is 10.5. The molecule has 1 fully saturated rings. The van der Waals surface area contributed by atoms with Crippen molar-refractivity contribution in [1.29, 1.82) is 0 Å². The van der Waals surface area contributed by atoms with Gasteiger partial charge in [0.15, 0.2) is 0 Å². The molecule has 116 valence electrons. The molecule has 2 rings (SSSR count). The first-order chi connectivity index (χ1) is 10.0. The zero-order valence-corrected chi connectivity index (χ0v) is 13.4. The van der Waals surface area contributed by atoms with Crippen LogP contribution in [0, 0.1) is 5.92 Å². The Morgan fingerprint density at radius 3 is 2.05 bits per heavy atom. The van der Waals surface area contributed by atoms with E-state index in [1.807, 2.05) is 11.9 Å². The van der Waals surface area contributed by atoms with Gasteiger partial charge in [0, 0.05) is 24.7 Å². The maximum absolute atomic E-state index is 12.7. The van der Waals surface area contributed by atoms with Crippen molar-refractivity contribution in [2.45, 2.75) is 38.6 Å². The second-order valence-electron chi connectivity index (χ2n) is 5.93. The van der Waals surface area contributed by atoms with Gasteiger partial charge in [0.25, 0.3) is 5.91 Å². The van der Waals surface area contributed by atoms with Crippen LogP contribution in [0.3, 0.4) is 0 Å². The normalized spacial score (nSPS) is 21.7. The molecule has 1 saturated carbocycles. The quantitative estimate of drug-likeness (QED) is 0.854. The highest BCUT2D eigenvalue weighted by Crippen LogP contribution is 2.28. The van der Waals surface area contributed by atoms with Crippen molar-refractivity contribution in [1.82, 2.24) is 4.90 Å². The highest BCUT2D eigenvalue weighted by molar-refractivity contribution is 5.95. The van der Waals surface area contributed by atoms with Crippen LogP contribution in [0.5, 0.6) is 11.5 Å². The predicted octanol–water partition coefficient (Wildman–Crippen LogP) is 3.35. The van der Waals surface area contributed by atoms with E-state index in [1.54, 1.807) is 32.4 Å². The van der Waals surface area contributed by atoms with Gasteiger partial charge in [-0.05, 0) is 43.7 Å². The van der Waals surface area contributed by atoms with Crippen molar-refractivity contribution in [2.24, 2.45) is 5.92 Å². The number of amides is 1. The fourth-order valence-electron chi connectivity index (χ4n) is 2.93. The van der Waals surface area contributed by atoms with Gasteiger partial charge in [0.1, 0.15) is 11.5 Å². The van der Waals surface area contributed by atoms with Crippen LogP contribution in [-0.4, -0.2) is 38.1 Å². The predicted molar refractivity (Wildman–Crippen MR) is 83.1 cm³/mol. The van der Waals surface area contributed by atoms with Crippen molar-refractivity contribution in [3.8, 4) is 11.5 Å². The summed E-state index contributed by atoms with van der Waals surface area (Å²) in [5, 5.41) is 0. The van der Waals surface area contributed by atoms with E-state index in [2.05, 4.69) is 6.92 Å². The van der Waals surface area contributed by atoms with Crippen LogP contribution < -0.4 is 9.47 Å². The van der Waals surface area contributed by atoms with Crippen molar-refractivity contribution < 1.29 is 14.3 Å². The van der Waals surface area contributed by atoms with E-state index in [0.717, 1.165) is 18.8 Å². The van der Waals surface area contributed by atoms with Crippen LogP contribution >= 0.6 is 0 Å². The molecule has 0 spiro atoms. The molecule has 1 aromatic carbocycles. The number of hydrogen-bond acceptors (Lipinski definition) is 3. The zero-order valence-electron chi connectivity index (χ0n) is 13.4. The number of ether oxygens (including phenoxy) is 2. The Morgan fingerprint density at radius 2 is 1.57 bits per heavy atom. The SMILES string of the molecule is COc1cc(OC)cc(C(=O)N(C)C2CCC(C)CC2)c1. The minimum Gasteiger partial charge on any atom is -0.497 e. The van der Waals surface area contributed by atoms with Crippen molar-refractivity contribution in [2.75, 3.05) is 21.3 Å². The fourth-order valence-corrected chi connectivity index (χ4v) is 2.93. The van der Waals surface area contributed by atoms with E-state index in [4.69, 9.17) is 9.47 Å². The van der Waals surface area contributed by atoms with E-state index in [9.17, 15) is 4.79 Å². The zero-order chi connectivity index (χ0) is 15.4. The molecule has 0 atom stereocenters. The largest absolute Gasteiger partial charge is 0.497 e. The van der Waals surface area contributed by atoms with Crippen LogP contribution in [0.15, 0.2) is 18.2 Å². The fraction of sp³-hybridized carbons (Fsp3) is 0.588. The second kappa shape index (κ2) is 6.83. The molecule has 4 heteroatoms. The molecule has 1 aromatic rings. The van der Waals surface area contributed by atoms with E-state index in [0.29, 0.717) is 23.1 Å². The van der Waals surface area contributed by atoms with Gasteiger partial charge in [-0.3, -0.25) is 4.79 Å². The molecule has 0 aromatic heterocycles. The Morgan fingerprint density at radius 1 is 1.05 bits per heavy atom. The van der Waals surface area contributed by atoms with Crippen LogP contribution in [0.25, 0.3) is 0 Å². The Kier molecular flexibility index (Phi) is 5.10. The summed E-state index contributed by atoms with van der Waals surface area (Å²) in [5.74, 6) is 2.10. The summed E-state index contributed by atoms with van der Waals surface area (Å²) in [5.41, 5.74) is 0.618. The van der Waals surface area contributed by atoms with Crippen molar-refractivity contribution >= 4 is 5.91 Å². The molecular weight excluding hydrogens is 266 g/mol. The molecule has 0 saturated heterocycles. The van der Waals surface area contributed by atoms with E-state index >= 15 is 0 Å². The average molecular weight is 291 g/mol. The van der Waals surface area contributed by atoms with Gasteiger partial charge in [-0.2, -0.15) is 0 Å². The second-order valence-corrected chi connectivity index (χ2v) is 5.93. The molecule has 1 amide bonds. The van der Waals surface area contributed by atoms with Gasteiger partial charge < -0.3 is 14.4 Å². The third kappa shape index (κ3) is 3.69. The topological polar surface area (TPSA) is 38.8 Å². The lowest BCUT2D eigenvalue weighted by Crippen LogP contribution is -2.39. The maximum Gasteiger partial charge on any atom is 0.254 e. The molecule has 0 N–H and O–H groups in total. The van der Waals surface area contributed by atoms with E-state index < -0.39 is 0 Å². The molecule has 1 aliphatic rings. The highest BCUT2D eigenvalue weighted by atomic mass is 16.5. The summed E-state index contributed by atoms with van der Waals surface area (Å²) in [7, 11) is 5.08. The summed E-state index contributed by atoms with van der Waals surface area (Å²) in [6.07, 6.45) is 4.57. The molecule has 0 bridgehead atoms. The maximum atomic E-state index is 12.7. The highest BCUT2D eigenvalue weighted by Gasteiger charge is 2.25. The monoisotopic (exact) mass is 291 g/mol. The molecule has 0 unspecified atom stereocenters. The minimum absolute atomic E-state index is 0.0340. The first-order valence-corrected chi connectivity index (χ1v) is 7.55. The molecule has 21 heavy (non-hydrogen) atoms. The van der Waals surface area contributed by atoms with Crippen LogP contribution in [0.1, 0.15) is 43.0 Å². The molecule has 0 radical (unpaired) electrons. The Bertz CT molecular complexity index is 471. The molecule has 0 aliphatic heterocycles. The number of carbonyl (C=O) groups excluding carboxylic acids is 1. The van der Waals surface area contributed by atoms with E-state index in [1.165, 1.54) is 12.8 Å². The van der Waals surface area contributed by atoms with Gasteiger partial charge in [-0.1, -0.05) is 6.92 Å². The number of nitrogens with zero attached hydrogens (tertiary/aromatic N) is 1. The van der Waals surface area contributed by atoms with Crippen LogP contribution in [-0.2, 0) is 0 Å². The number of methoxy groups -OCH3 is 2. The lowest BCUT2D eigenvalue weighted by molar-refractivity contribution is 0.0679. The Balaban J connectivity index is 2.15. The molecular formula is C17H25NO3. The first kappa shape index (κ1) is 15.7. The van der Waals surface area contributed by atoms with Gasteiger partial charge in [-0.15, -0.1) is 0 Å². The summed E-state index contributed by atoms with van der Waals surface area (Å²) in [6.45, 7) is 2.28. The van der Waals surface area contributed by atoms with Crippen LogP contribution in [0.2, 0.25) is 0 Å². The van der Waals surface area contributed by atoms with E-state index in [-0.39, 0.29) is 5.91 Å². The summed E-state index contributed by atoms with van der Waals surface area (Å²) >= 11 is 0. The summed E-state index contributed by atoms with van der Waals surface area (Å²) in [4.78, 5) is 14.6. The summed E-state index contributed by atoms with van der Waals surface area (Å²) in [6, 6.07) is 5.66. The Hall–Kier alpha value is -1.71. The minimum atomic E-state index is 0.0340.